The third-order valence-electron chi connectivity index (χ3n) is 2.53. The van der Waals surface area contributed by atoms with Crippen molar-refractivity contribution in [3.63, 3.8) is 0 Å². The molecule has 5 nitrogen and oxygen atoms in total. The first-order valence-corrected chi connectivity index (χ1v) is 5.12. The van der Waals surface area contributed by atoms with E-state index in [1.807, 2.05) is 24.4 Å². The number of amides is 1. The van der Waals surface area contributed by atoms with E-state index in [2.05, 4.69) is 10.4 Å². The van der Waals surface area contributed by atoms with E-state index >= 15 is 0 Å². The molecule has 0 aliphatic heterocycles. The maximum atomic E-state index is 10.9. The number of primary amides is 1. The molecule has 0 bridgehead atoms. The molecule has 0 saturated carbocycles. The number of pyridine rings is 1. The summed E-state index contributed by atoms with van der Waals surface area (Å²) in [6.07, 6.45) is 3.67. The Morgan fingerprint density at radius 1 is 1.62 bits per heavy atom. The van der Waals surface area contributed by atoms with Crippen molar-refractivity contribution in [1.29, 1.82) is 0 Å². The van der Waals surface area contributed by atoms with Crippen LogP contribution in [0.1, 0.15) is 12.5 Å². The fourth-order valence-corrected chi connectivity index (χ4v) is 1.49. The van der Waals surface area contributed by atoms with Crippen LogP contribution in [-0.2, 0) is 11.3 Å². The average Bonchev–Trinajstić information content (AvgIpc) is 2.69. The van der Waals surface area contributed by atoms with E-state index in [1.165, 1.54) is 0 Å². The van der Waals surface area contributed by atoms with Crippen LogP contribution in [0.15, 0.2) is 30.6 Å². The highest BCUT2D eigenvalue weighted by Gasteiger charge is 2.09. The number of nitrogens with one attached hydrogen (secondary N) is 1. The fourth-order valence-electron chi connectivity index (χ4n) is 1.49. The van der Waals surface area contributed by atoms with Crippen LogP contribution in [0.25, 0.3) is 5.52 Å². The molecule has 84 valence electrons. The predicted molar refractivity (Wildman–Crippen MR) is 60.7 cm³/mol. The normalized spacial score (nSPS) is 12.8. The minimum atomic E-state index is -0.350. The van der Waals surface area contributed by atoms with Gasteiger partial charge in [0.05, 0.1) is 17.8 Å². The number of nitrogens with two attached hydrogens (primary N) is 1. The summed E-state index contributed by atoms with van der Waals surface area (Å²) in [6.45, 7) is 2.33. The molecule has 0 saturated heterocycles. The van der Waals surface area contributed by atoms with Gasteiger partial charge >= 0.3 is 0 Å². The third-order valence-corrected chi connectivity index (χ3v) is 2.53. The Morgan fingerprint density at radius 2 is 2.44 bits per heavy atom. The van der Waals surface area contributed by atoms with Crippen molar-refractivity contribution in [2.45, 2.75) is 19.5 Å². The second kappa shape index (κ2) is 4.32. The smallest absolute Gasteiger partial charge is 0.234 e. The van der Waals surface area contributed by atoms with Gasteiger partial charge < -0.3 is 11.1 Å². The summed E-state index contributed by atoms with van der Waals surface area (Å²) >= 11 is 0. The van der Waals surface area contributed by atoms with Gasteiger partial charge in [-0.2, -0.15) is 5.10 Å². The molecule has 2 heterocycles. The van der Waals surface area contributed by atoms with Crippen molar-refractivity contribution in [1.82, 2.24) is 14.9 Å². The molecule has 0 radical (unpaired) electrons. The van der Waals surface area contributed by atoms with Gasteiger partial charge in [0.2, 0.25) is 5.91 Å². The zero-order chi connectivity index (χ0) is 11.5. The first-order chi connectivity index (χ1) is 7.68. The molecule has 0 unspecified atom stereocenters. The van der Waals surface area contributed by atoms with Gasteiger partial charge in [-0.15, -0.1) is 0 Å². The van der Waals surface area contributed by atoms with Gasteiger partial charge in [-0.05, 0) is 19.1 Å². The number of carbonyl (C=O) groups is 1. The highest BCUT2D eigenvalue weighted by atomic mass is 16.1. The number of carbonyl (C=O) groups excluding carboxylic acids is 1. The number of hydrogen-bond donors (Lipinski definition) is 2. The van der Waals surface area contributed by atoms with Gasteiger partial charge in [-0.3, -0.25) is 4.79 Å². The molecule has 0 fully saturated rings. The lowest BCUT2D eigenvalue weighted by Crippen LogP contribution is -2.38. The summed E-state index contributed by atoms with van der Waals surface area (Å²) in [7, 11) is 0. The Labute approximate surface area is 93.2 Å². The molecular formula is C11H14N4O. The first-order valence-electron chi connectivity index (χ1n) is 5.12. The molecule has 3 N–H and O–H groups in total. The van der Waals surface area contributed by atoms with E-state index < -0.39 is 0 Å². The summed E-state index contributed by atoms with van der Waals surface area (Å²) in [5.74, 6) is -0.350. The van der Waals surface area contributed by atoms with Gasteiger partial charge in [0.15, 0.2) is 0 Å². The molecule has 2 aromatic heterocycles. The van der Waals surface area contributed by atoms with E-state index in [-0.39, 0.29) is 11.9 Å². The van der Waals surface area contributed by atoms with Gasteiger partial charge in [0, 0.05) is 18.3 Å². The Bertz CT molecular complexity index is 505. The molecule has 0 spiro atoms. The van der Waals surface area contributed by atoms with Crippen LogP contribution >= 0.6 is 0 Å². The lowest BCUT2D eigenvalue weighted by Gasteiger charge is -2.08. The van der Waals surface area contributed by atoms with Gasteiger partial charge in [0.25, 0.3) is 0 Å². The maximum Gasteiger partial charge on any atom is 0.234 e. The van der Waals surface area contributed by atoms with Crippen molar-refractivity contribution < 1.29 is 4.79 Å². The van der Waals surface area contributed by atoms with Crippen LogP contribution in [0.5, 0.6) is 0 Å². The Morgan fingerprint density at radius 3 is 3.19 bits per heavy atom. The van der Waals surface area contributed by atoms with Gasteiger partial charge in [-0.25, -0.2) is 4.52 Å². The zero-order valence-electron chi connectivity index (χ0n) is 9.05. The Balaban J connectivity index is 2.13. The standard InChI is InChI=1S/C11H14N4O/c1-8(11(12)16)13-6-9-7-14-15-5-3-2-4-10(9)15/h2-5,7-8,13H,6H2,1H3,(H2,12,16)/t8-/m0/s1. The third kappa shape index (κ3) is 2.04. The van der Waals surface area contributed by atoms with Crippen molar-refractivity contribution in [3.8, 4) is 0 Å². The lowest BCUT2D eigenvalue weighted by atomic mass is 10.2. The minimum absolute atomic E-state index is 0.335. The fraction of sp³-hybridized carbons (Fsp3) is 0.273. The Hall–Kier alpha value is -1.88. The summed E-state index contributed by atoms with van der Waals surface area (Å²) < 4.78 is 1.80. The monoisotopic (exact) mass is 218 g/mol. The first kappa shape index (κ1) is 10.6. The number of rotatable bonds is 4. The van der Waals surface area contributed by atoms with Crippen LogP contribution in [0.2, 0.25) is 0 Å². The lowest BCUT2D eigenvalue weighted by molar-refractivity contribution is -0.119. The van der Waals surface area contributed by atoms with Crippen LogP contribution in [0.4, 0.5) is 0 Å². The Kier molecular flexibility index (Phi) is 2.87. The van der Waals surface area contributed by atoms with Crippen LogP contribution in [0, 0.1) is 0 Å². The molecule has 0 aromatic carbocycles. The highest BCUT2D eigenvalue weighted by molar-refractivity contribution is 5.79. The molecule has 5 heteroatoms. The average molecular weight is 218 g/mol. The van der Waals surface area contributed by atoms with Crippen molar-refractivity contribution >= 4 is 11.4 Å². The number of nitrogens with zero attached hydrogens (tertiary/aromatic N) is 2. The molecule has 0 aliphatic rings. The second-order valence-electron chi connectivity index (χ2n) is 3.71. The van der Waals surface area contributed by atoms with Crippen molar-refractivity contribution in [2.24, 2.45) is 5.73 Å². The van der Waals surface area contributed by atoms with E-state index in [1.54, 1.807) is 17.6 Å². The molecule has 0 aliphatic carbocycles. The predicted octanol–water partition coefficient (Wildman–Crippen LogP) is 0.298. The van der Waals surface area contributed by atoms with E-state index in [0.29, 0.717) is 6.54 Å². The van der Waals surface area contributed by atoms with E-state index in [4.69, 9.17) is 5.73 Å². The zero-order valence-corrected chi connectivity index (χ0v) is 9.05. The quantitative estimate of drug-likeness (QED) is 0.775. The molecule has 2 rings (SSSR count). The molecule has 16 heavy (non-hydrogen) atoms. The minimum Gasteiger partial charge on any atom is -0.368 e. The molecular weight excluding hydrogens is 204 g/mol. The van der Waals surface area contributed by atoms with Crippen molar-refractivity contribution in [2.75, 3.05) is 0 Å². The summed E-state index contributed by atoms with van der Waals surface area (Å²) in [6, 6.07) is 5.53. The maximum absolute atomic E-state index is 10.9. The largest absolute Gasteiger partial charge is 0.368 e. The molecule has 2 aromatic rings. The SMILES string of the molecule is C[C@H](NCc1cnn2ccccc12)C(N)=O. The molecule has 1 atom stereocenters. The van der Waals surface area contributed by atoms with Crippen LogP contribution in [-0.4, -0.2) is 21.6 Å². The van der Waals surface area contributed by atoms with E-state index in [9.17, 15) is 4.79 Å². The van der Waals surface area contributed by atoms with E-state index in [0.717, 1.165) is 11.1 Å². The number of aromatic nitrogens is 2. The van der Waals surface area contributed by atoms with Crippen LogP contribution < -0.4 is 11.1 Å². The van der Waals surface area contributed by atoms with Gasteiger partial charge in [-0.1, -0.05) is 6.07 Å². The van der Waals surface area contributed by atoms with Crippen molar-refractivity contribution in [3.05, 3.63) is 36.2 Å². The summed E-state index contributed by atoms with van der Waals surface area (Å²) in [4.78, 5) is 10.9. The number of hydrogen-bond acceptors (Lipinski definition) is 3. The van der Waals surface area contributed by atoms with Gasteiger partial charge in [0.1, 0.15) is 0 Å². The topological polar surface area (TPSA) is 72.4 Å². The number of fused-ring (bicyclic) bond motifs is 1. The summed E-state index contributed by atoms with van der Waals surface area (Å²) in [5.41, 5.74) is 7.25. The second-order valence-corrected chi connectivity index (χ2v) is 3.71. The molecule has 1 amide bonds. The summed E-state index contributed by atoms with van der Waals surface area (Å²) in [5, 5.41) is 7.25. The van der Waals surface area contributed by atoms with Crippen LogP contribution in [0.3, 0.4) is 0 Å². The highest BCUT2D eigenvalue weighted by Crippen LogP contribution is 2.09.